The molecule has 0 bridgehead atoms. The highest BCUT2D eigenvalue weighted by atomic mass is 32.2. The van der Waals surface area contributed by atoms with E-state index in [-0.39, 0.29) is 5.75 Å². The topological polar surface area (TPSA) is 72.2 Å². The van der Waals surface area contributed by atoms with E-state index in [4.69, 9.17) is 5.73 Å². The molecule has 0 saturated carbocycles. The summed E-state index contributed by atoms with van der Waals surface area (Å²) in [4.78, 5) is 0. The van der Waals surface area contributed by atoms with Crippen LogP contribution in [0.2, 0.25) is 0 Å². The van der Waals surface area contributed by atoms with Crippen molar-refractivity contribution in [3.8, 4) is 0 Å². The number of rotatable bonds is 7. The summed E-state index contributed by atoms with van der Waals surface area (Å²) in [6.45, 7) is 0. The van der Waals surface area contributed by atoms with Gasteiger partial charge in [-0.25, -0.2) is 13.1 Å². The summed E-state index contributed by atoms with van der Waals surface area (Å²) in [5.41, 5.74) is 8.98. The minimum Gasteiger partial charge on any atom is -0.322 e. The Morgan fingerprint density at radius 2 is 1.52 bits per heavy atom. The molecule has 0 saturated heterocycles. The third-order valence-electron chi connectivity index (χ3n) is 4.89. The molecule has 0 fully saturated rings. The van der Waals surface area contributed by atoms with Crippen molar-refractivity contribution in [2.24, 2.45) is 5.73 Å². The number of hydrogen-bond acceptors (Lipinski definition) is 4. The number of nitrogens with two attached hydrogens (primary N) is 1. The average molecular weight is 423 g/mol. The van der Waals surface area contributed by atoms with E-state index in [0.717, 1.165) is 26.8 Å². The fraction of sp³-hybridized carbons (Fsp3) is 0.130. The highest BCUT2D eigenvalue weighted by molar-refractivity contribution is 7.88. The maximum absolute atomic E-state index is 13.0. The summed E-state index contributed by atoms with van der Waals surface area (Å²) in [5, 5.41) is 3.13. The standard InChI is InChI=1S/C23H22N2O2S2/c24-22(19-7-3-1-4-8-19)23(20-9-5-2-6-10-20)25-29(26,27)16-17-11-12-18-13-14-28-21(18)15-17/h1-15,22-23,25H,16,24H2. The smallest absolute Gasteiger partial charge is 0.216 e. The Bertz CT molecular complexity index is 1190. The fourth-order valence-electron chi connectivity index (χ4n) is 3.42. The molecular formula is C23H22N2O2S2. The van der Waals surface area contributed by atoms with Crippen molar-refractivity contribution in [1.82, 2.24) is 4.72 Å². The van der Waals surface area contributed by atoms with Gasteiger partial charge in [0.1, 0.15) is 0 Å². The number of thiophene rings is 1. The van der Waals surface area contributed by atoms with Crippen molar-refractivity contribution in [2.45, 2.75) is 17.8 Å². The highest BCUT2D eigenvalue weighted by Crippen LogP contribution is 2.28. The summed E-state index contributed by atoms with van der Waals surface area (Å²) in [6.07, 6.45) is 0. The molecule has 0 amide bonds. The van der Waals surface area contributed by atoms with Gasteiger partial charge in [-0.2, -0.15) is 0 Å². The van der Waals surface area contributed by atoms with Crippen LogP contribution in [-0.4, -0.2) is 8.42 Å². The average Bonchev–Trinajstić information content (AvgIpc) is 3.20. The molecule has 4 aromatic rings. The minimum absolute atomic E-state index is 0.0916. The van der Waals surface area contributed by atoms with Gasteiger partial charge in [0.05, 0.1) is 17.8 Å². The molecule has 2 unspecified atom stereocenters. The van der Waals surface area contributed by atoms with Crippen LogP contribution in [0.4, 0.5) is 0 Å². The molecule has 148 valence electrons. The Morgan fingerprint density at radius 1 is 0.862 bits per heavy atom. The van der Waals surface area contributed by atoms with Gasteiger partial charge in [0.15, 0.2) is 0 Å². The van der Waals surface area contributed by atoms with Gasteiger partial charge in [0.2, 0.25) is 10.0 Å². The summed E-state index contributed by atoms with van der Waals surface area (Å²) in [7, 11) is -3.61. The van der Waals surface area contributed by atoms with Gasteiger partial charge in [-0.05, 0) is 39.6 Å². The Morgan fingerprint density at radius 3 is 2.21 bits per heavy atom. The maximum Gasteiger partial charge on any atom is 0.216 e. The zero-order chi connectivity index (χ0) is 20.3. The van der Waals surface area contributed by atoms with E-state index >= 15 is 0 Å². The van der Waals surface area contributed by atoms with E-state index < -0.39 is 22.1 Å². The van der Waals surface area contributed by atoms with E-state index in [1.54, 1.807) is 11.3 Å². The number of hydrogen-bond donors (Lipinski definition) is 2. The molecule has 1 heterocycles. The first-order valence-electron chi connectivity index (χ1n) is 9.33. The van der Waals surface area contributed by atoms with E-state index in [1.165, 1.54) is 0 Å². The SMILES string of the molecule is NC(c1ccccc1)C(NS(=O)(=O)Cc1ccc2ccsc2c1)c1ccccc1. The molecular weight excluding hydrogens is 400 g/mol. The van der Waals surface area contributed by atoms with E-state index in [9.17, 15) is 8.42 Å². The maximum atomic E-state index is 13.0. The number of sulfonamides is 1. The third-order valence-corrected chi connectivity index (χ3v) is 7.09. The summed E-state index contributed by atoms with van der Waals surface area (Å²) in [6, 6.07) is 25.8. The molecule has 0 aliphatic heterocycles. The highest BCUT2D eigenvalue weighted by Gasteiger charge is 2.26. The molecule has 1 aromatic heterocycles. The second-order valence-electron chi connectivity index (χ2n) is 6.99. The largest absolute Gasteiger partial charge is 0.322 e. The van der Waals surface area contributed by atoms with Crippen LogP contribution in [0.5, 0.6) is 0 Å². The molecule has 29 heavy (non-hydrogen) atoms. The van der Waals surface area contributed by atoms with Crippen LogP contribution in [0.25, 0.3) is 10.1 Å². The van der Waals surface area contributed by atoms with Crippen LogP contribution in [-0.2, 0) is 15.8 Å². The number of nitrogens with one attached hydrogen (secondary N) is 1. The quantitative estimate of drug-likeness (QED) is 0.451. The Balaban J connectivity index is 1.62. The van der Waals surface area contributed by atoms with Gasteiger partial charge in [0, 0.05) is 4.70 Å². The molecule has 0 spiro atoms. The van der Waals surface area contributed by atoms with Crippen LogP contribution in [0, 0.1) is 0 Å². The van der Waals surface area contributed by atoms with Crippen LogP contribution < -0.4 is 10.5 Å². The van der Waals surface area contributed by atoms with E-state index in [2.05, 4.69) is 4.72 Å². The molecule has 3 aromatic carbocycles. The van der Waals surface area contributed by atoms with Crippen LogP contribution in [0.1, 0.15) is 28.8 Å². The van der Waals surface area contributed by atoms with Gasteiger partial charge in [-0.15, -0.1) is 11.3 Å². The second-order valence-corrected chi connectivity index (χ2v) is 9.70. The zero-order valence-corrected chi connectivity index (χ0v) is 17.4. The molecule has 0 aliphatic carbocycles. The van der Waals surface area contributed by atoms with E-state index in [1.807, 2.05) is 90.3 Å². The summed E-state index contributed by atoms with van der Waals surface area (Å²) >= 11 is 1.61. The molecule has 0 radical (unpaired) electrons. The van der Waals surface area contributed by atoms with Gasteiger partial charge < -0.3 is 5.73 Å². The van der Waals surface area contributed by atoms with Gasteiger partial charge in [0.25, 0.3) is 0 Å². The lowest BCUT2D eigenvalue weighted by atomic mass is 9.95. The van der Waals surface area contributed by atoms with Crippen LogP contribution in [0.3, 0.4) is 0 Å². The van der Waals surface area contributed by atoms with Crippen molar-refractivity contribution in [2.75, 3.05) is 0 Å². The third kappa shape index (κ3) is 4.74. The lowest BCUT2D eigenvalue weighted by molar-refractivity contribution is 0.503. The lowest BCUT2D eigenvalue weighted by Crippen LogP contribution is -2.36. The van der Waals surface area contributed by atoms with Crippen molar-refractivity contribution < 1.29 is 8.42 Å². The normalized spacial score (nSPS) is 14.0. The van der Waals surface area contributed by atoms with Crippen molar-refractivity contribution in [1.29, 1.82) is 0 Å². The minimum atomic E-state index is -3.61. The monoisotopic (exact) mass is 422 g/mol. The molecule has 2 atom stereocenters. The number of benzene rings is 3. The Hall–Kier alpha value is -2.51. The first-order chi connectivity index (χ1) is 14.0. The molecule has 0 aliphatic rings. The van der Waals surface area contributed by atoms with E-state index in [0.29, 0.717) is 0 Å². The number of fused-ring (bicyclic) bond motifs is 1. The first kappa shape index (κ1) is 19.8. The molecule has 3 N–H and O–H groups in total. The molecule has 4 nitrogen and oxygen atoms in total. The van der Waals surface area contributed by atoms with Crippen molar-refractivity contribution in [3.05, 3.63) is 107 Å². The molecule has 4 rings (SSSR count). The second kappa shape index (κ2) is 8.47. The van der Waals surface area contributed by atoms with Crippen LogP contribution >= 0.6 is 11.3 Å². The Labute approximate surface area is 175 Å². The van der Waals surface area contributed by atoms with Crippen LogP contribution in [0.15, 0.2) is 90.3 Å². The molecule has 6 heteroatoms. The van der Waals surface area contributed by atoms with Gasteiger partial charge >= 0.3 is 0 Å². The first-order valence-corrected chi connectivity index (χ1v) is 11.9. The van der Waals surface area contributed by atoms with Crippen molar-refractivity contribution >= 4 is 31.4 Å². The Kier molecular flexibility index (Phi) is 5.78. The zero-order valence-electron chi connectivity index (χ0n) is 15.7. The summed E-state index contributed by atoms with van der Waals surface area (Å²) in [5.74, 6) is -0.0916. The van der Waals surface area contributed by atoms with Gasteiger partial charge in [-0.3, -0.25) is 0 Å². The van der Waals surface area contributed by atoms with Crippen molar-refractivity contribution in [3.63, 3.8) is 0 Å². The fourth-order valence-corrected chi connectivity index (χ4v) is 5.64. The van der Waals surface area contributed by atoms with Gasteiger partial charge in [-0.1, -0.05) is 72.8 Å². The lowest BCUT2D eigenvalue weighted by Gasteiger charge is -2.26. The summed E-state index contributed by atoms with van der Waals surface area (Å²) < 4.78 is 30.0. The predicted molar refractivity (Wildman–Crippen MR) is 120 cm³/mol. The predicted octanol–water partition coefficient (Wildman–Crippen LogP) is 4.76.